The van der Waals surface area contributed by atoms with E-state index in [-0.39, 0.29) is 0 Å². The van der Waals surface area contributed by atoms with E-state index in [4.69, 9.17) is 34.3 Å². The minimum Gasteiger partial charge on any atom is -0.488 e. The summed E-state index contributed by atoms with van der Waals surface area (Å²) in [6, 6.07) is 13.4. The highest BCUT2D eigenvalue weighted by atomic mass is 35.5. The highest BCUT2D eigenvalue weighted by Gasteiger charge is 2.13. The molecule has 0 unspecified atom stereocenters. The minimum absolute atomic E-state index is 0.348. The molecule has 5 heteroatoms. The first-order valence-corrected chi connectivity index (χ1v) is 8.32. The van der Waals surface area contributed by atoms with Gasteiger partial charge in [0.25, 0.3) is 0 Å². The molecule has 0 heterocycles. The van der Waals surface area contributed by atoms with Crippen LogP contribution in [0.4, 0.5) is 0 Å². The highest BCUT2D eigenvalue weighted by molar-refractivity contribution is 7.99. The van der Waals surface area contributed by atoms with Gasteiger partial charge in [-0.3, -0.25) is 0 Å². The van der Waals surface area contributed by atoms with Crippen molar-refractivity contribution in [1.82, 2.24) is 0 Å². The maximum atomic E-state index is 6.14. The molecule has 0 saturated heterocycles. The van der Waals surface area contributed by atoms with Crippen LogP contribution in [0, 0.1) is 0 Å². The lowest BCUT2D eigenvalue weighted by atomic mass is 10.2. The van der Waals surface area contributed by atoms with E-state index in [1.54, 1.807) is 11.8 Å². The summed E-state index contributed by atoms with van der Waals surface area (Å²) in [4.78, 5) is 1.39. The molecule has 110 valence electrons. The number of ether oxygens (including phenoxy) is 1. The summed E-state index contributed by atoms with van der Waals surface area (Å²) in [7, 11) is 0. The van der Waals surface area contributed by atoms with Gasteiger partial charge in [-0.15, -0.1) is 11.8 Å². The zero-order valence-electron chi connectivity index (χ0n) is 11.6. The summed E-state index contributed by atoms with van der Waals surface area (Å²) >= 11 is 13.0. The molecule has 0 atom stereocenters. The van der Waals surface area contributed by atoms with Crippen molar-refractivity contribution < 1.29 is 4.74 Å². The van der Waals surface area contributed by atoms with Gasteiger partial charge in [-0.1, -0.05) is 55.0 Å². The van der Waals surface area contributed by atoms with E-state index in [9.17, 15) is 0 Å². The third kappa shape index (κ3) is 4.13. The summed E-state index contributed by atoms with van der Waals surface area (Å²) < 4.78 is 5.89. The van der Waals surface area contributed by atoms with Crippen LogP contribution in [-0.4, -0.2) is 10.7 Å². The summed E-state index contributed by atoms with van der Waals surface area (Å²) in [5.41, 5.74) is 7.59. The van der Waals surface area contributed by atoms with E-state index in [0.29, 0.717) is 22.4 Å². The molecule has 0 fully saturated rings. The molecule has 0 amide bonds. The maximum absolute atomic E-state index is 6.14. The second-order valence-corrected chi connectivity index (χ2v) is 6.46. The number of halogens is 1. The lowest BCUT2D eigenvalue weighted by Crippen LogP contribution is -2.13. The second kappa shape index (κ2) is 7.69. The topological polar surface area (TPSA) is 35.2 Å². The van der Waals surface area contributed by atoms with Crippen LogP contribution >= 0.6 is 35.6 Å². The van der Waals surface area contributed by atoms with Gasteiger partial charge in [0.15, 0.2) is 0 Å². The standard InChI is InChI=1S/C16H16ClNOS2/c1-2-21-14-9-5-8-13(15(14)16(18)20)19-10-11-6-3-4-7-12(11)17/h3-9H,2,10H2,1H3,(H2,18,20). The van der Waals surface area contributed by atoms with Gasteiger partial charge in [-0.25, -0.2) is 0 Å². The molecule has 0 aromatic heterocycles. The molecule has 2 aromatic rings. The van der Waals surface area contributed by atoms with Crippen LogP contribution in [0.3, 0.4) is 0 Å². The molecular weight excluding hydrogens is 322 g/mol. The summed E-state index contributed by atoms with van der Waals surface area (Å²) in [5.74, 6) is 1.64. The first-order chi connectivity index (χ1) is 10.1. The van der Waals surface area contributed by atoms with Gasteiger partial charge < -0.3 is 10.5 Å². The molecule has 0 saturated carbocycles. The molecule has 2 nitrogen and oxygen atoms in total. The number of rotatable bonds is 6. The van der Waals surface area contributed by atoms with Crippen molar-refractivity contribution in [3.8, 4) is 5.75 Å². The van der Waals surface area contributed by atoms with Crippen LogP contribution in [0.25, 0.3) is 0 Å². The zero-order chi connectivity index (χ0) is 15.2. The Morgan fingerprint density at radius 1 is 1.24 bits per heavy atom. The minimum atomic E-state index is 0.348. The van der Waals surface area contributed by atoms with E-state index in [1.165, 1.54) is 0 Å². The van der Waals surface area contributed by atoms with Crippen LogP contribution in [0.1, 0.15) is 18.1 Å². The van der Waals surface area contributed by atoms with Crippen LogP contribution in [0.5, 0.6) is 5.75 Å². The maximum Gasteiger partial charge on any atom is 0.131 e. The normalized spacial score (nSPS) is 10.4. The summed E-state index contributed by atoms with van der Waals surface area (Å²) in [5, 5.41) is 0.688. The Balaban J connectivity index is 2.25. The van der Waals surface area contributed by atoms with Gasteiger partial charge in [-0.2, -0.15) is 0 Å². The van der Waals surface area contributed by atoms with Crippen molar-refractivity contribution in [2.75, 3.05) is 5.75 Å². The highest BCUT2D eigenvalue weighted by Crippen LogP contribution is 2.31. The zero-order valence-corrected chi connectivity index (χ0v) is 14.0. The average molecular weight is 338 g/mol. The number of thioether (sulfide) groups is 1. The van der Waals surface area contributed by atoms with Gasteiger partial charge in [0, 0.05) is 15.5 Å². The van der Waals surface area contributed by atoms with Crippen molar-refractivity contribution in [3.63, 3.8) is 0 Å². The lowest BCUT2D eigenvalue weighted by molar-refractivity contribution is 0.305. The SMILES string of the molecule is CCSc1cccc(OCc2ccccc2Cl)c1C(N)=S. The molecule has 0 aliphatic rings. The second-order valence-electron chi connectivity index (χ2n) is 4.31. The van der Waals surface area contributed by atoms with Gasteiger partial charge in [-0.05, 0) is 24.0 Å². The van der Waals surface area contributed by atoms with Crippen LogP contribution < -0.4 is 10.5 Å². The van der Waals surface area contributed by atoms with E-state index in [0.717, 1.165) is 21.8 Å². The molecule has 2 rings (SSSR count). The molecule has 0 aliphatic heterocycles. The quantitative estimate of drug-likeness (QED) is 0.614. The Morgan fingerprint density at radius 2 is 2.00 bits per heavy atom. The predicted molar refractivity (Wildman–Crippen MR) is 94.5 cm³/mol. The number of nitrogens with two attached hydrogens (primary N) is 1. The number of hydrogen-bond acceptors (Lipinski definition) is 3. The molecule has 2 N–H and O–H groups in total. The van der Waals surface area contributed by atoms with Crippen LogP contribution in [0.2, 0.25) is 5.02 Å². The summed E-state index contributed by atoms with van der Waals surface area (Å²) in [6.45, 7) is 2.47. The van der Waals surface area contributed by atoms with E-state index < -0.39 is 0 Å². The molecule has 21 heavy (non-hydrogen) atoms. The fourth-order valence-electron chi connectivity index (χ4n) is 1.92. The Labute approximate surface area is 139 Å². The van der Waals surface area contributed by atoms with Crippen LogP contribution in [-0.2, 0) is 6.61 Å². The van der Waals surface area contributed by atoms with Crippen molar-refractivity contribution in [2.45, 2.75) is 18.4 Å². The molecule has 0 aliphatic carbocycles. The van der Waals surface area contributed by atoms with Gasteiger partial charge >= 0.3 is 0 Å². The first-order valence-electron chi connectivity index (χ1n) is 6.55. The third-order valence-electron chi connectivity index (χ3n) is 2.88. The summed E-state index contributed by atoms with van der Waals surface area (Å²) in [6.07, 6.45) is 0. The Hall–Kier alpha value is -1.23. The number of benzene rings is 2. The molecule has 0 bridgehead atoms. The van der Waals surface area contributed by atoms with Crippen molar-refractivity contribution in [3.05, 3.63) is 58.6 Å². The Kier molecular flexibility index (Phi) is 5.91. The van der Waals surface area contributed by atoms with Gasteiger partial charge in [0.1, 0.15) is 17.3 Å². The Bertz CT molecular complexity index is 646. The smallest absolute Gasteiger partial charge is 0.131 e. The number of hydrogen-bond donors (Lipinski definition) is 1. The van der Waals surface area contributed by atoms with Gasteiger partial charge in [0.2, 0.25) is 0 Å². The first kappa shape index (κ1) is 16.1. The fraction of sp³-hybridized carbons (Fsp3) is 0.188. The largest absolute Gasteiger partial charge is 0.488 e. The number of thiocarbonyl (C=S) groups is 1. The van der Waals surface area contributed by atoms with E-state index in [2.05, 4.69) is 6.92 Å². The lowest BCUT2D eigenvalue weighted by Gasteiger charge is -2.14. The fourth-order valence-corrected chi connectivity index (χ4v) is 3.23. The third-order valence-corrected chi connectivity index (χ3v) is 4.39. The van der Waals surface area contributed by atoms with Crippen LogP contribution in [0.15, 0.2) is 47.4 Å². The molecule has 0 radical (unpaired) electrons. The van der Waals surface area contributed by atoms with E-state index in [1.807, 2.05) is 42.5 Å². The van der Waals surface area contributed by atoms with Crippen molar-refractivity contribution >= 4 is 40.6 Å². The molecule has 0 spiro atoms. The molecular formula is C16H16ClNOS2. The Morgan fingerprint density at radius 3 is 2.67 bits per heavy atom. The van der Waals surface area contributed by atoms with Crippen molar-refractivity contribution in [1.29, 1.82) is 0 Å². The average Bonchev–Trinajstić information content (AvgIpc) is 2.46. The predicted octanol–water partition coefficient (Wildman–Crippen LogP) is 4.67. The molecule has 2 aromatic carbocycles. The van der Waals surface area contributed by atoms with E-state index >= 15 is 0 Å². The van der Waals surface area contributed by atoms with Gasteiger partial charge in [0.05, 0.1) is 5.56 Å². The monoisotopic (exact) mass is 337 g/mol. The van der Waals surface area contributed by atoms with Crippen molar-refractivity contribution in [2.24, 2.45) is 5.73 Å².